The molecule has 0 aliphatic heterocycles. The molecule has 1 heterocycles. The van der Waals surface area contributed by atoms with Crippen LogP contribution < -0.4 is 0 Å². The van der Waals surface area contributed by atoms with Crippen LogP contribution in [0.3, 0.4) is 0 Å². The van der Waals surface area contributed by atoms with Crippen molar-refractivity contribution in [3.8, 4) is 0 Å². The van der Waals surface area contributed by atoms with Gasteiger partial charge in [0, 0.05) is 12.3 Å². The number of aromatic nitrogens is 2. The van der Waals surface area contributed by atoms with Gasteiger partial charge < -0.3 is 5.11 Å². The van der Waals surface area contributed by atoms with Gasteiger partial charge >= 0.3 is 5.97 Å². The molecule has 0 atom stereocenters. The average Bonchev–Trinajstić information content (AvgIpc) is 2.76. The van der Waals surface area contributed by atoms with Gasteiger partial charge in [-0.2, -0.15) is 5.10 Å². The summed E-state index contributed by atoms with van der Waals surface area (Å²) in [5.74, 6) is -1.86. The molecule has 0 saturated carbocycles. The van der Waals surface area contributed by atoms with E-state index in [0.29, 0.717) is 5.56 Å². The van der Waals surface area contributed by atoms with Crippen molar-refractivity contribution in [2.45, 2.75) is 6.54 Å². The fraction of sp³-hybridized carbons (Fsp3) is 0.0909. The number of hydrogen-bond donors (Lipinski definition) is 1. The van der Waals surface area contributed by atoms with Gasteiger partial charge in [-0.25, -0.2) is 9.18 Å². The lowest BCUT2D eigenvalue weighted by Gasteiger charge is -2.02. The number of nitro groups is 1. The number of carbonyl (C=O) groups is 1. The molecule has 0 amide bonds. The molecule has 1 aromatic carbocycles. The van der Waals surface area contributed by atoms with E-state index in [1.54, 1.807) is 0 Å². The van der Waals surface area contributed by atoms with Crippen LogP contribution in [0.5, 0.6) is 0 Å². The highest BCUT2D eigenvalue weighted by atomic mass is 19.1. The van der Waals surface area contributed by atoms with Crippen molar-refractivity contribution in [1.82, 2.24) is 9.78 Å². The summed E-state index contributed by atoms with van der Waals surface area (Å²) in [5.41, 5.74) is -0.0433. The highest BCUT2D eigenvalue weighted by molar-refractivity contribution is 5.86. The van der Waals surface area contributed by atoms with Gasteiger partial charge in [0.25, 0.3) is 5.69 Å². The molecular formula is C11H8FN3O4. The number of aromatic carboxylic acids is 1. The first-order chi connectivity index (χ1) is 8.95. The molecule has 8 heteroatoms. The van der Waals surface area contributed by atoms with Gasteiger partial charge in [0.15, 0.2) is 0 Å². The summed E-state index contributed by atoms with van der Waals surface area (Å²) in [7, 11) is 0. The number of hydrogen-bond acceptors (Lipinski definition) is 4. The zero-order chi connectivity index (χ0) is 14.0. The van der Waals surface area contributed by atoms with Crippen LogP contribution in [0.25, 0.3) is 0 Å². The van der Waals surface area contributed by atoms with Crippen molar-refractivity contribution in [3.05, 3.63) is 57.7 Å². The number of benzene rings is 1. The largest absolute Gasteiger partial charge is 0.478 e. The van der Waals surface area contributed by atoms with Crippen LogP contribution in [0.15, 0.2) is 30.6 Å². The Kier molecular flexibility index (Phi) is 3.23. The molecule has 19 heavy (non-hydrogen) atoms. The number of nitrogens with zero attached hydrogens (tertiary/aromatic N) is 3. The van der Waals surface area contributed by atoms with Crippen LogP contribution in [0.2, 0.25) is 0 Å². The highest BCUT2D eigenvalue weighted by Gasteiger charge is 2.11. The molecule has 7 nitrogen and oxygen atoms in total. The fourth-order valence-corrected chi connectivity index (χ4v) is 1.58. The van der Waals surface area contributed by atoms with Crippen LogP contribution in [-0.2, 0) is 6.54 Å². The Balaban J connectivity index is 2.27. The molecule has 0 spiro atoms. The maximum absolute atomic E-state index is 13.2. The fourth-order valence-electron chi connectivity index (χ4n) is 1.58. The van der Waals surface area contributed by atoms with E-state index >= 15 is 0 Å². The van der Waals surface area contributed by atoms with Gasteiger partial charge in [0.05, 0.1) is 29.3 Å². The molecule has 1 N–H and O–H groups in total. The average molecular weight is 265 g/mol. The summed E-state index contributed by atoms with van der Waals surface area (Å²) in [4.78, 5) is 20.6. The van der Waals surface area contributed by atoms with E-state index in [1.165, 1.54) is 16.9 Å². The predicted molar refractivity (Wildman–Crippen MR) is 61.3 cm³/mol. The van der Waals surface area contributed by atoms with Crippen molar-refractivity contribution in [2.24, 2.45) is 0 Å². The normalized spacial score (nSPS) is 10.4. The summed E-state index contributed by atoms with van der Waals surface area (Å²) in [6.45, 7) is 0.0475. The minimum atomic E-state index is -1.13. The van der Waals surface area contributed by atoms with Gasteiger partial charge in [0.2, 0.25) is 0 Å². The van der Waals surface area contributed by atoms with E-state index in [1.807, 2.05) is 0 Å². The van der Waals surface area contributed by atoms with Crippen LogP contribution in [0.4, 0.5) is 10.1 Å². The Morgan fingerprint density at radius 2 is 2.21 bits per heavy atom. The molecule has 0 unspecified atom stereocenters. The van der Waals surface area contributed by atoms with E-state index < -0.39 is 16.7 Å². The Bertz CT molecular complexity index is 653. The molecule has 2 rings (SSSR count). The minimum absolute atomic E-state index is 0.00842. The quantitative estimate of drug-likeness (QED) is 0.669. The second-order valence-electron chi connectivity index (χ2n) is 3.81. The molecule has 0 radical (unpaired) electrons. The third kappa shape index (κ3) is 2.92. The maximum atomic E-state index is 13.2. The molecule has 0 aliphatic rings. The summed E-state index contributed by atoms with van der Waals surface area (Å²) in [5, 5.41) is 23.1. The first-order valence-corrected chi connectivity index (χ1v) is 5.15. The lowest BCUT2D eigenvalue weighted by molar-refractivity contribution is -0.385. The van der Waals surface area contributed by atoms with E-state index in [4.69, 9.17) is 5.11 Å². The molecule has 1 aromatic heterocycles. The maximum Gasteiger partial charge on any atom is 0.338 e. The monoisotopic (exact) mass is 265 g/mol. The standard InChI is InChI=1S/C11H8FN3O4/c12-9-1-7(2-10(3-9)15(18)19)5-14-6-8(4-13-14)11(16)17/h1-4,6H,5H2,(H,16,17). The van der Waals surface area contributed by atoms with Gasteiger partial charge in [-0.05, 0) is 11.6 Å². The third-order valence-corrected chi connectivity index (χ3v) is 2.38. The molecule has 98 valence electrons. The number of rotatable bonds is 4. The van der Waals surface area contributed by atoms with Gasteiger partial charge in [-0.1, -0.05) is 0 Å². The van der Waals surface area contributed by atoms with Crippen molar-refractivity contribution in [1.29, 1.82) is 0 Å². The first-order valence-electron chi connectivity index (χ1n) is 5.15. The van der Waals surface area contributed by atoms with Crippen LogP contribution in [-0.4, -0.2) is 25.8 Å². The molecule has 0 aliphatic carbocycles. The van der Waals surface area contributed by atoms with Gasteiger partial charge in [0.1, 0.15) is 5.82 Å². The molecule has 0 fully saturated rings. The number of non-ortho nitro benzene ring substituents is 1. The van der Waals surface area contributed by atoms with Crippen LogP contribution >= 0.6 is 0 Å². The number of carboxylic acid groups (broad SMARTS) is 1. The smallest absolute Gasteiger partial charge is 0.338 e. The minimum Gasteiger partial charge on any atom is -0.478 e. The zero-order valence-corrected chi connectivity index (χ0v) is 9.49. The number of nitro benzene ring substituents is 1. The van der Waals surface area contributed by atoms with Crippen molar-refractivity contribution in [3.63, 3.8) is 0 Å². The Labute approximate surface area is 106 Å². The Morgan fingerprint density at radius 3 is 2.79 bits per heavy atom. The summed E-state index contributed by atoms with van der Waals surface area (Å²) < 4.78 is 14.5. The highest BCUT2D eigenvalue weighted by Crippen LogP contribution is 2.17. The third-order valence-electron chi connectivity index (χ3n) is 2.38. The van der Waals surface area contributed by atoms with E-state index in [-0.39, 0.29) is 17.8 Å². The molecular weight excluding hydrogens is 257 g/mol. The topological polar surface area (TPSA) is 98.3 Å². The van der Waals surface area contributed by atoms with Gasteiger partial charge in [-0.15, -0.1) is 0 Å². The first kappa shape index (κ1) is 12.7. The SMILES string of the molecule is O=C(O)c1cnn(Cc2cc(F)cc([N+](=O)[O-])c2)c1. The van der Waals surface area contributed by atoms with Gasteiger partial charge in [-0.3, -0.25) is 14.8 Å². The molecule has 0 bridgehead atoms. The number of carboxylic acids is 1. The lowest BCUT2D eigenvalue weighted by Crippen LogP contribution is -2.02. The second kappa shape index (κ2) is 4.84. The van der Waals surface area contributed by atoms with Crippen molar-refractivity contribution in [2.75, 3.05) is 0 Å². The van der Waals surface area contributed by atoms with E-state index in [9.17, 15) is 19.3 Å². The van der Waals surface area contributed by atoms with Crippen molar-refractivity contribution < 1.29 is 19.2 Å². The van der Waals surface area contributed by atoms with E-state index in [0.717, 1.165) is 18.3 Å². The molecule has 0 saturated heterocycles. The van der Waals surface area contributed by atoms with Crippen LogP contribution in [0, 0.1) is 15.9 Å². The van der Waals surface area contributed by atoms with E-state index in [2.05, 4.69) is 5.10 Å². The summed E-state index contributed by atoms with van der Waals surface area (Å²) in [6, 6.07) is 3.16. The number of halogens is 1. The van der Waals surface area contributed by atoms with Crippen molar-refractivity contribution >= 4 is 11.7 Å². The molecule has 2 aromatic rings. The predicted octanol–water partition coefficient (Wildman–Crippen LogP) is 1.68. The zero-order valence-electron chi connectivity index (χ0n) is 9.49. The summed E-state index contributed by atoms with van der Waals surface area (Å²) in [6.07, 6.45) is 2.41. The van der Waals surface area contributed by atoms with Crippen LogP contribution in [0.1, 0.15) is 15.9 Å². The lowest BCUT2D eigenvalue weighted by atomic mass is 10.2. The summed E-state index contributed by atoms with van der Waals surface area (Å²) >= 11 is 0. The Morgan fingerprint density at radius 1 is 1.47 bits per heavy atom. The Hall–Kier alpha value is -2.77. The second-order valence-corrected chi connectivity index (χ2v) is 3.81.